The molecule has 3 N–H and O–H groups in total. The van der Waals surface area contributed by atoms with Crippen molar-refractivity contribution in [2.45, 2.75) is 40.0 Å². The highest BCUT2D eigenvalue weighted by molar-refractivity contribution is 6.09. The van der Waals surface area contributed by atoms with Gasteiger partial charge in [0.05, 0.1) is 5.71 Å². The number of hydrogen-bond donors (Lipinski definition) is 3. The van der Waals surface area contributed by atoms with Crippen molar-refractivity contribution in [3.8, 4) is 5.75 Å². The normalized spacial score (nSPS) is 14.2. The van der Waals surface area contributed by atoms with E-state index in [1.165, 1.54) is 24.3 Å². The van der Waals surface area contributed by atoms with E-state index in [9.17, 15) is 14.7 Å². The molecule has 2 amide bonds. The van der Waals surface area contributed by atoms with Crippen molar-refractivity contribution in [1.29, 1.82) is 0 Å². The molecule has 7 nitrogen and oxygen atoms in total. The van der Waals surface area contributed by atoms with E-state index in [0.29, 0.717) is 41.1 Å². The molecule has 0 bridgehead atoms. The summed E-state index contributed by atoms with van der Waals surface area (Å²) >= 11 is 0. The molecule has 0 saturated carbocycles. The van der Waals surface area contributed by atoms with Gasteiger partial charge in [-0.05, 0) is 81.1 Å². The van der Waals surface area contributed by atoms with Crippen LogP contribution in [0.2, 0.25) is 0 Å². The van der Waals surface area contributed by atoms with E-state index in [2.05, 4.69) is 15.8 Å². The number of carbonyl (C=O) groups excluding carboxylic acids is 2. The van der Waals surface area contributed by atoms with Crippen molar-refractivity contribution in [2.75, 3.05) is 5.32 Å². The third-order valence-electron chi connectivity index (χ3n) is 5.72. The number of fused-ring (bicyclic) bond motifs is 1. The summed E-state index contributed by atoms with van der Waals surface area (Å²) < 4.78 is 5.93. The standard InChI is InChI=1S/C25H25N3O4/c1-14-7-10-18(13-15(14)2)26-25(31)23-16(3)22-20(5-4-6-21(22)32-23)27-28-24(30)17-8-11-19(29)12-9-17/h7-13,29H,4-6H2,1-3H3,(H,26,31)(H,28,30)/b27-20+. The molecule has 3 aromatic rings. The fourth-order valence-corrected chi connectivity index (χ4v) is 3.80. The molecule has 0 unspecified atom stereocenters. The van der Waals surface area contributed by atoms with Crippen molar-refractivity contribution < 1.29 is 19.1 Å². The van der Waals surface area contributed by atoms with Crippen LogP contribution in [0.5, 0.6) is 5.75 Å². The zero-order chi connectivity index (χ0) is 22.8. The van der Waals surface area contributed by atoms with E-state index in [-0.39, 0.29) is 23.3 Å². The second-order valence-electron chi connectivity index (χ2n) is 8.01. The maximum Gasteiger partial charge on any atom is 0.291 e. The van der Waals surface area contributed by atoms with Gasteiger partial charge in [0.2, 0.25) is 0 Å². The molecule has 1 heterocycles. The SMILES string of the molecule is Cc1ccc(NC(=O)c2oc3c(c2C)/C(=N/NC(=O)c2ccc(O)cc2)CCC3)cc1C. The topological polar surface area (TPSA) is 104 Å². The van der Waals surface area contributed by atoms with Gasteiger partial charge in [-0.2, -0.15) is 5.10 Å². The van der Waals surface area contributed by atoms with Gasteiger partial charge in [-0.25, -0.2) is 5.43 Å². The summed E-state index contributed by atoms with van der Waals surface area (Å²) in [6.45, 7) is 5.85. The van der Waals surface area contributed by atoms with E-state index in [0.717, 1.165) is 23.1 Å². The first kappa shape index (κ1) is 21.4. The Morgan fingerprint density at radius 1 is 0.969 bits per heavy atom. The fraction of sp³-hybridized carbons (Fsp3) is 0.240. The number of hydrazone groups is 1. The zero-order valence-corrected chi connectivity index (χ0v) is 18.3. The highest BCUT2D eigenvalue weighted by Crippen LogP contribution is 2.30. The molecule has 1 aliphatic rings. The summed E-state index contributed by atoms with van der Waals surface area (Å²) in [7, 11) is 0. The third kappa shape index (κ3) is 4.27. The third-order valence-corrected chi connectivity index (χ3v) is 5.72. The summed E-state index contributed by atoms with van der Waals surface area (Å²) in [5, 5.41) is 16.6. The number of anilines is 1. The van der Waals surface area contributed by atoms with Gasteiger partial charge in [-0.1, -0.05) is 6.07 Å². The van der Waals surface area contributed by atoms with Gasteiger partial charge in [0, 0.05) is 28.8 Å². The Bertz CT molecular complexity index is 1220. The van der Waals surface area contributed by atoms with E-state index < -0.39 is 0 Å². The monoisotopic (exact) mass is 431 g/mol. The van der Waals surface area contributed by atoms with Crippen molar-refractivity contribution in [3.63, 3.8) is 0 Å². The quantitative estimate of drug-likeness (QED) is 0.524. The molecule has 2 aromatic carbocycles. The number of furan rings is 1. The second-order valence-corrected chi connectivity index (χ2v) is 8.01. The van der Waals surface area contributed by atoms with Crippen LogP contribution in [-0.2, 0) is 6.42 Å². The van der Waals surface area contributed by atoms with Crippen LogP contribution < -0.4 is 10.7 Å². The van der Waals surface area contributed by atoms with Gasteiger partial charge in [-0.15, -0.1) is 0 Å². The maximum absolute atomic E-state index is 12.9. The van der Waals surface area contributed by atoms with Crippen molar-refractivity contribution in [1.82, 2.24) is 5.43 Å². The van der Waals surface area contributed by atoms with Gasteiger partial charge in [0.1, 0.15) is 11.5 Å². The van der Waals surface area contributed by atoms with Crippen LogP contribution in [0.25, 0.3) is 0 Å². The lowest BCUT2D eigenvalue weighted by Crippen LogP contribution is -2.22. The molecular formula is C25H25N3O4. The van der Waals surface area contributed by atoms with Gasteiger partial charge >= 0.3 is 0 Å². The predicted molar refractivity (Wildman–Crippen MR) is 122 cm³/mol. The van der Waals surface area contributed by atoms with Crippen LogP contribution in [0.15, 0.2) is 52.0 Å². The zero-order valence-electron chi connectivity index (χ0n) is 18.3. The molecule has 0 atom stereocenters. The number of phenols is 1. The maximum atomic E-state index is 12.9. The summed E-state index contributed by atoms with van der Waals surface area (Å²) in [4.78, 5) is 25.3. The number of carbonyl (C=O) groups is 2. The molecule has 4 rings (SSSR count). The van der Waals surface area contributed by atoms with Gasteiger partial charge in [-0.3, -0.25) is 9.59 Å². The Hall–Kier alpha value is -3.87. The first-order valence-electron chi connectivity index (χ1n) is 10.5. The molecule has 1 aliphatic carbocycles. The number of rotatable bonds is 4. The summed E-state index contributed by atoms with van der Waals surface area (Å²) in [6, 6.07) is 11.7. The second kappa shape index (κ2) is 8.70. The minimum Gasteiger partial charge on any atom is -0.508 e. The summed E-state index contributed by atoms with van der Waals surface area (Å²) in [5.41, 5.74) is 8.10. The minimum absolute atomic E-state index is 0.0883. The van der Waals surface area contributed by atoms with Gasteiger partial charge in [0.25, 0.3) is 11.8 Å². The van der Waals surface area contributed by atoms with Crippen molar-refractivity contribution >= 4 is 23.2 Å². The molecule has 32 heavy (non-hydrogen) atoms. The number of phenolic OH excluding ortho intramolecular Hbond substituents is 1. The fourth-order valence-electron chi connectivity index (χ4n) is 3.80. The molecule has 7 heteroatoms. The Balaban J connectivity index is 1.56. The Morgan fingerprint density at radius 2 is 1.72 bits per heavy atom. The van der Waals surface area contributed by atoms with E-state index in [1.54, 1.807) is 0 Å². The van der Waals surface area contributed by atoms with Crippen LogP contribution in [0.4, 0.5) is 5.69 Å². The lowest BCUT2D eigenvalue weighted by atomic mass is 9.93. The molecule has 164 valence electrons. The first-order chi connectivity index (χ1) is 15.3. The van der Waals surface area contributed by atoms with Crippen molar-refractivity contribution in [2.24, 2.45) is 5.10 Å². The highest BCUT2D eigenvalue weighted by atomic mass is 16.4. The largest absolute Gasteiger partial charge is 0.508 e. The van der Waals surface area contributed by atoms with E-state index in [1.807, 2.05) is 39.0 Å². The van der Waals surface area contributed by atoms with Gasteiger partial charge in [0.15, 0.2) is 5.76 Å². The van der Waals surface area contributed by atoms with E-state index in [4.69, 9.17) is 4.42 Å². The lowest BCUT2D eigenvalue weighted by Gasteiger charge is -2.13. The number of nitrogens with one attached hydrogen (secondary N) is 2. The Kier molecular flexibility index (Phi) is 5.81. The average molecular weight is 431 g/mol. The van der Waals surface area contributed by atoms with Crippen LogP contribution in [0.3, 0.4) is 0 Å². The Morgan fingerprint density at radius 3 is 2.44 bits per heavy atom. The molecule has 1 aromatic heterocycles. The molecule has 0 aliphatic heterocycles. The number of nitrogens with zero attached hydrogens (tertiary/aromatic N) is 1. The Labute approximate surface area is 186 Å². The predicted octanol–water partition coefficient (Wildman–Crippen LogP) is 4.63. The van der Waals surface area contributed by atoms with Crippen molar-refractivity contribution in [3.05, 3.63) is 81.8 Å². The minimum atomic E-state index is -0.376. The van der Waals surface area contributed by atoms with Gasteiger partial charge < -0.3 is 14.8 Å². The van der Waals surface area contributed by atoms with Crippen LogP contribution in [0.1, 0.15) is 61.8 Å². The number of aryl methyl sites for hydroxylation is 3. The molecule has 0 fully saturated rings. The number of benzene rings is 2. The highest BCUT2D eigenvalue weighted by Gasteiger charge is 2.28. The van der Waals surface area contributed by atoms with Crippen LogP contribution in [-0.4, -0.2) is 22.6 Å². The smallest absolute Gasteiger partial charge is 0.291 e. The first-order valence-corrected chi connectivity index (χ1v) is 10.5. The lowest BCUT2D eigenvalue weighted by molar-refractivity contribution is 0.0953. The number of aromatic hydroxyl groups is 1. The number of amides is 2. The molecular weight excluding hydrogens is 406 g/mol. The molecule has 0 saturated heterocycles. The van der Waals surface area contributed by atoms with E-state index >= 15 is 0 Å². The van der Waals surface area contributed by atoms with Crippen LogP contribution >= 0.6 is 0 Å². The summed E-state index contributed by atoms with van der Waals surface area (Å²) in [5.74, 6) is 0.362. The molecule has 0 radical (unpaired) electrons. The summed E-state index contributed by atoms with van der Waals surface area (Å²) in [6.07, 6.45) is 2.19. The van der Waals surface area contributed by atoms with Crippen LogP contribution in [0, 0.1) is 20.8 Å². The average Bonchev–Trinajstić information content (AvgIpc) is 3.12. The molecule has 0 spiro atoms. The number of hydrogen-bond acceptors (Lipinski definition) is 5.